The number of ether oxygens (including phenoxy) is 2. The van der Waals surface area contributed by atoms with Crippen LogP contribution in [-0.2, 0) is 14.7 Å². The lowest BCUT2D eigenvalue weighted by Gasteiger charge is -2.48. The largest absolute Gasteiger partial charge is 0.573 e. The van der Waals surface area contributed by atoms with Gasteiger partial charge in [-0.2, -0.15) is 0 Å². The number of nitrogens with one attached hydrogen (secondary N) is 1. The molecular formula is C29H32F3N5O5S. The third-order valence-corrected chi connectivity index (χ3v) is 9.23. The third-order valence-electron chi connectivity index (χ3n) is 7.18. The number of likely N-dealkylation sites (tertiary alicyclic amines) is 1. The molecule has 230 valence electrons. The molecule has 10 nitrogen and oxygen atoms in total. The number of likely N-dealkylation sites (N-methyl/N-ethyl adjacent to an activating group) is 1. The van der Waals surface area contributed by atoms with Crippen LogP contribution in [0.5, 0.6) is 17.2 Å². The van der Waals surface area contributed by atoms with Gasteiger partial charge in [-0.3, -0.25) is 4.79 Å². The van der Waals surface area contributed by atoms with Gasteiger partial charge in [0.1, 0.15) is 15.7 Å². The number of fused-ring (bicyclic) bond motifs is 2. The number of hydrogen-bond acceptors (Lipinski definition) is 8. The van der Waals surface area contributed by atoms with Gasteiger partial charge in [0.2, 0.25) is 5.91 Å². The van der Waals surface area contributed by atoms with Gasteiger partial charge in [-0.1, -0.05) is 24.3 Å². The second-order valence-electron chi connectivity index (χ2n) is 10.5. The molecule has 1 amide bonds. The van der Waals surface area contributed by atoms with E-state index in [1.165, 1.54) is 19.2 Å². The molecule has 1 fully saturated rings. The van der Waals surface area contributed by atoms with Crippen LogP contribution in [0.1, 0.15) is 0 Å². The molecule has 43 heavy (non-hydrogen) atoms. The minimum atomic E-state index is -4.88. The maximum absolute atomic E-state index is 14.1. The van der Waals surface area contributed by atoms with Crippen LogP contribution in [0.25, 0.3) is 0 Å². The Balaban J connectivity index is 1.52. The summed E-state index contributed by atoms with van der Waals surface area (Å²) in [4.78, 5) is 18.7. The molecule has 0 aromatic heterocycles. The fourth-order valence-corrected chi connectivity index (χ4v) is 6.87. The number of amides is 1. The lowest BCUT2D eigenvalue weighted by molar-refractivity contribution is -0.274. The van der Waals surface area contributed by atoms with Gasteiger partial charge in [-0.25, -0.2) is 13.3 Å². The standard InChI is InChI=1S/C29H32F3N5O5S/c1-33-43(40,20-14-12-19(13-15-20)42-29(30,31)32)34-21-16-36(27(38)18-35(2)3)17-24(28(21)39)37-22-8-4-6-10-25(22)41-26-11-7-5-9-23(26)37/h4-15,21,24,28,39H,16-18H2,1-3H3,(H,33,34,40). The Kier molecular flexibility index (Phi) is 8.56. The van der Waals surface area contributed by atoms with Crippen molar-refractivity contribution < 1.29 is 36.8 Å². The van der Waals surface area contributed by atoms with Gasteiger partial charge in [-0.15, -0.1) is 13.2 Å². The number of carbonyl (C=O) groups is 1. The van der Waals surface area contributed by atoms with E-state index < -0.39 is 40.2 Å². The van der Waals surface area contributed by atoms with Gasteiger partial charge >= 0.3 is 6.36 Å². The highest BCUT2D eigenvalue weighted by molar-refractivity contribution is 7.91. The Hall–Kier alpha value is -3.85. The first-order valence-corrected chi connectivity index (χ1v) is 14.9. The van der Waals surface area contributed by atoms with Crippen molar-refractivity contribution in [2.45, 2.75) is 29.4 Å². The van der Waals surface area contributed by atoms with Gasteiger partial charge in [-0.05, 0) is 62.6 Å². The molecule has 4 unspecified atom stereocenters. The van der Waals surface area contributed by atoms with E-state index in [2.05, 4.69) is 13.8 Å². The van der Waals surface area contributed by atoms with E-state index in [4.69, 9.17) is 4.74 Å². The molecule has 1 saturated heterocycles. The zero-order valence-corrected chi connectivity index (χ0v) is 24.5. The predicted molar refractivity (Wildman–Crippen MR) is 155 cm³/mol. The average Bonchev–Trinajstić information content (AvgIpc) is 2.96. The summed E-state index contributed by atoms with van der Waals surface area (Å²) in [6.45, 7) is 0.280. The lowest BCUT2D eigenvalue weighted by Crippen LogP contribution is -2.66. The smallest absolute Gasteiger partial charge is 0.453 e. The SMILES string of the molecule is CN=S(=O)(NC1CN(C(=O)CN(C)C)CC(N2c3ccccc3Oc3ccccc32)C1O)c1ccc(OC(F)(F)F)cc1. The Morgan fingerprint density at radius 1 is 1.05 bits per heavy atom. The zero-order valence-electron chi connectivity index (χ0n) is 23.7. The second-order valence-corrected chi connectivity index (χ2v) is 12.6. The van der Waals surface area contributed by atoms with E-state index in [0.29, 0.717) is 22.9 Å². The Morgan fingerprint density at radius 2 is 1.63 bits per heavy atom. The molecule has 2 N–H and O–H groups in total. The summed E-state index contributed by atoms with van der Waals surface area (Å²) in [6.07, 6.45) is -6.05. The molecule has 0 radical (unpaired) electrons. The predicted octanol–water partition coefficient (Wildman–Crippen LogP) is 3.99. The minimum Gasteiger partial charge on any atom is -0.453 e. The highest BCUT2D eigenvalue weighted by Gasteiger charge is 2.44. The average molecular weight is 620 g/mol. The van der Waals surface area contributed by atoms with Gasteiger partial charge in [0.05, 0.1) is 41.0 Å². The summed E-state index contributed by atoms with van der Waals surface area (Å²) in [6, 6.07) is 17.6. The Morgan fingerprint density at radius 3 is 2.16 bits per heavy atom. The molecule has 0 saturated carbocycles. The number of piperidine rings is 1. The van der Waals surface area contributed by atoms with Crippen molar-refractivity contribution in [3.8, 4) is 17.2 Å². The molecule has 4 atom stereocenters. The van der Waals surface area contributed by atoms with Crippen molar-refractivity contribution in [3.63, 3.8) is 0 Å². The van der Waals surface area contributed by atoms with E-state index in [-0.39, 0.29) is 30.4 Å². The van der Waals surface area contributed by atoms with Crippen LogP contribution in [0.2, 0.25) is 0 Å². The number of alkyl halides is 3. The molecule has 0 spiro atoms. The van der Waals surface area contributed by atoms with Crippen molar-refractivity contribution in [2.75, 3.05) is 45.7 Å². The zero-order chi connectivity index (χ0) is 30.9. The number of halogens is 3. The van der Waals surface area contributed by atoms with Crippen molar-refractivity contribution in [3.05, 3.63) is 72.8 Å². The molecule has 2 heterocycles. The fraction of sp³-hybridized carbons (Fsp3) is 0.345. The number of para-hydroxylation sites is 4. The van der Waals surface area contributed by atoms with Crippen LogP contribution in [-0.4, -0.2) is 90.3 Å². The second kappa shape index (κ2) is 12.0. The molecule has 14 heteroatoms. The number of rotatable bonds is 7. The van der Waals surface area contributed by atoms with Crippen LogP contribution in [0.15, 0.2) is 82.1 Å². The van der Waals surface area contributed by atoms with Crippen LogP contribution >= 0.6 is 0 Å². The normalized spacial score (nSPS) is 21.3. The van der Waals surface area contributed by atoms with Gasteiger partial charge in [0.15, 0.2) is 11.5 Å². The quantitative estimate of drug-likeness (QED) is 0.412. The summed E-state index contributed by atoms with van der Waals surface area (Å²) >= 11 is 0. The number of nitrogens with zero attached hydrogens (tertiary/aromatic N) is 4. The maximum atomic E-state index is 14.1. The van der Waals surface area contributed by atoms with E-state index in [1.54, 1.807) is 23.9 Å². The maximum Gasteiger partial charge on any atom is 0.573 e. The van der Waals surface area contributed by atoms with Crippen molar-refractivity contribution in [2.24, 2.45) is 4.36 Å². The van der Waals surface area contributed by atoms with Crippen molar-refractivity contribution in [1.82, 2.24) is 14.5 Å². The Labute approximate surface area is 247 Å². The van der Waals surface area contributed by atoms with Gasteiger partial charge in [0.25, 0.3) is 0 Å². The summed E-state index contributed by atoms with van der Waals surface area (Å²) in [5.74, 6) is 0.473. The third kappa shape index (κ3) is 6.56. The number of aliphatic hydroxyl groups excluding tert-OH is 1. The molecule has 0 bridgehead atoms. The van der Waals surface area contributed by atoms with E-state index in [1.807, 2.05) is 53.4 Å². The molecule has 0 aliphatic carbocycles. The van der Waals surface area contributed by atoms with Crippen LogP contribution < -0.4 is 19.1 Å². The number of hydrogen-bond donors (Lipinski definition) is 2. The van der Waals surface area contributed by atoms with Gasteiger partial charge in [0, 0.05) is 20.1 Å². The number of anilines is 2. The lowest BCUT2D eigenvalue weighted by atomic mass is 9.94. The summed E-state index contributed by atoms with van der Waals surface area (Å²) in [5.41, 5.74) is 1.37. The van der Waals surface area contributed by atoms with E-state index in [9.17, 15) is 27.3 Å². The number of carbonyl (C=O) groups excluding carboxylic acids is 1. The summed E-state index contributed by atoms with van der Waals surface area (Å²) < 4.78 is 69.2. The topological polar surface area (TPSA) is 107 Å². The first-order chi connectivity index (χ1) is 20.4. The molecular weight excluding hydrogens is 587 g/mol. The fourth-order valence-electron chi connectivity index (χ4n) is 5.29. The van der Waals surface area contributed by atoms with Crippen molar-refractivity contribution in [1.29, 1.82) is 0 Å². The highest BCUT2D eigenvalue weighted by atomic mass is 32.2. The summed E-state index contributed by atoms with van der Waals surface area (Å²) in [7, 11) is 1.39. The minimum absolute atomic E-state index is 0.0136. The molecule has 5 rings (SSSR count). The number of aliphatic hydroxyl groups is 1. The highest BCUT2D eigenvalue weighted by Crippen LogP contribution is 2.48. The van der Waals surface area contributed by atoms with Crippen LogP contribution in [0, 0.1) is 0 Å². The molecule has 2 aliphatic heterocycles. The van der Waals surface area contributed by atoms with E-state index >= 15 is 0 Å². The monoisotopic (exact) mass is 619 g/mol. The Bertz CT molecular complexity index is 1550. The van der Waals surface area contributed by atoms with Crippen LogP contribution in [0.4, 0.5) is 24.5 Å². The molecule has 2 aliphatic rings. The first-order valence-electron chi connectivity index (χ1n) is 13.4. The first kappa shape index (κ1) is 30.6. The molecule has 3 aromatic carbocycles. The summed E-state index contributed by atoms with van der Waals surface area (Å²) in [5, 5.41) is 11.9. The van der Waals surface area contributed by atoms with Crippen molar-refractivity contribution >= 4 is 27.2 Å². The molecule has 3 aromatic rings. The van der Waals surface area contributed by atoms with E-state index in [0.717, 1.165) is 12.1 Å². The van der Waals surface area contributed by atoms with Crippen LogP contribution in [0.3, 0.4) is 0 Å². The van der Waals surface area contributed by atoms with Gasteiger partial charge < -0.3 is 29.3 Å². The number of benzene rings is 3.